The van der Waals surface area contributed by atoms with Gasteiger partial charge in [-0.05, 0) is 43.5 Å². The van der Waals surface area contributed by atoms with Crippen molar-refractivity contribution in [2.75, 3.05) is 26.3 Å². The molecule has 1 atom stereocenters. The highest BCUT2D eigenvalue weighted by molar-refractivity contribution is 6.35. The normalized spacial score (nSPS) is 11.7. The van der Waals surface area contributed by atoms with Gasteiger partial charge in [0.15, 0.2) is 0 Å². The Kier molecular flexibility index (Phi) is 17.6. The molecule has 2 amide bonds. The van der Waals surface area contributed by atoms with Gasteiger partial charge in [-0.3, -0.25) is 9.59 Å². The van der Waals surface area contributed by atoms with Gasteiger partial charge < -0.3 is 25.2 Å². The second-order valence-corrected chi connectivity index (χ2v) is 8.73. The average Bonchev–Trinajstić information content (AvgIpc) is 2.84. The van der Waals surface area contributed by atoms with E-state index in [1.54, 1.807) is 12.1 Å². The molecular weight excluding hydrogens is 432 g/mol. The van der Waals surface area contributed by atoms with Gasteiger partial charge in [0.05, 0.1) is 12.6 Å². The summed E-state index contributed by atoms with van der Waals surface area (Å²) in [5.74, 6) is -0.579. The van der Waals surface area contributed by atoms with Gasteiger partial charge in [0.1, 0.15) is 18.1 Å². The molecule has 34 heavy (non-hydrogen) atoms. The summed E-state index contributed by atoms with van der Waals surface area (Å²) in [6.45, 7) is 5.84. The highest BCUT2D eigenvalue weighted by Crippen LogP contribution is 2.16. The van der Waals surface area contributed by atoms with Crippen LogP contribution in [0.1, 0.15) is 90.9 Å². The molecule has 1 rings (SSSR count). The maximum absolute atomic E-state index is 11.9. The number of benzene rings is 1. The molecule has 7 nitrogen and oxygen atoms in total. The number of carbonyl (C=O) groups is 2. The molecule has 0 aliphatic rings. The predicted octanol–water partition coefficient (Wildman–Crippen LogP) is 5.11. The lowest BCUT2D eigenvalue weighted by Crippen LogP contribution is -2.41. The van der Waals surface area contributed by atoms with Crippen molar-refractivity contribution >= 4 is 11.8 Å². The Balaban J connectivity index is 1.98. The van der Waals surface area contributed by atoms with E-state index in [1.165, 1.54) is 69.9 Å². The first-order chi connectivity index (χ1) is 16.6. The van der Waals surface area contributed by atoms with Gasteiger partial charge in [-0.15, -0.1) is 0 Å². The van der Waals surface area contributed by atoms with Crippen LogP contribution < -0.4 is 15.4 Å². The minimum absolute atomic E-state index is 0.159. The maximum Gasteiger partial charge on any atom is 0.309 e. The molecule has 1 aromatic carbocycles. The number of unbranched alkanes of at least 4 members (excludes halogenated alkanes) is 8. The Morgan fingerprint density at radius 1 is 0.794 bits per heavy atom. The lowest BCUT2D eigenvalue weighted by molar-refractivity contribution is -0.139. The van der Waals surface area contributed by atoms with E-state index < -0.39 is 11.8 Å². The van der Waals surface area contributed by atoms with Crippen LogP contribution in [0.3, 0.4) is 0 Å². The summed E-state index contributed by atoms with van der Waals surface area (Å²) in [4.78, 5) is 23.7. The van der Waals surface area contributed by atoms with E-state index >= 15 is 0 Å². The van der Waals surface area contributed by atoms with E-state index in [0.717, 1.165) is 12.8 Å². The van der Waals surface area contributed by atoms with Crippen LogP contribution in [-0.2, 0) is 14.3 Å². The van der Waals surface area contributed by atoms with Crippen LogP contribution in [0.2, 0.25) is 0 Å². The molecule has 0 aliphatic carbocycles. The first-order valence-electron chi connectivity index (χ1n) is 13.2. The Hall–Kier alpha value is -2.28. The monoisotopic (exact) mass is 478 g/mol. The van der Waals surface area contributed by atoms with Crippen molar-refractivity contribution in [3.63, 3.8) is 0 Å². The van der Waals surface area contributed by atoms with E-state index in [1.807, 2.05) is 0 Å². The van der Waals surface area contributed by atoms with Gasteiger partial charge in [0.25, 0.3) is 0 Å². The third kappa shape index (κ3) is 15.5. The fourth-order valence-corrected chi connectivity index (χ4v) is 3.65. The van der Waals surface area contributed by atoms with Gasteiger partial charge in [-0.25, -0.2) is 0 Å². The molecular formula is C27H46N2O5. The van der Waals surface area contributed by atoms with Crippen molar-refractivity contribution in [2.24, 2.45) is 0 Å². The number of phenolic OH excluding ortho intramolecular Hbond substituents is 1. The summed E-state index contributed by atoms with van der Waals surface area (Å²) in [7, 11) is 0. The van der Waals surface area contributed by atoms with Gasteiger partial charge in [-0.1, -0.05) is 71.6 Å². The largest absolute Gasteiger partial charge is 0.508 e. The zero-order chi connectivity index (χ0) is 24.9. The third-order valence-electron chi connectivity index (χ3n) is 5.74. The number of amides is 2. The van der Waals surface area contributed by atoms with Crippen LogP contribution >= 0.6 is 0 Å². The van der Waals surface area contributed by atoms with Crippen LogP contribution in [0.25, 0.3) is 0 Å². The standard InChI is InChI=1S/C27H46N2O5/c1-3-5-6-7-8-9-10-11-12-14-24(4-2)33-21-13-19-28-26(31)27(32)29-20-22-34-25-17-15-23(30)16-18-25/h15-18,24,30H,3-14,19-22H2,1-2H3,(H,28,31)(H,29,32). The zero-order valence-electron chi connectivity index (χ0n) is 21.3. The lowest BCUT2D eigenvalue weighted by Gasteiger charge is -2.16. The second-order valence-electron chi connectivity index (χ2n) is 8.73. The number of hydrogen-bond donors (Lipinski definition) is 3. The van der Waals surface area contributed by atoms with E-state index in [9.17, 15) is 14.7 Å². The summed E-state index contributed by atoms with van der Waals surface area (Å²) in [5, 5.41) is 14.4. The molecule has 1 unspecified atom stereocenters. The Bertz CT molecular complexity index is 651. The van der Waals surface area contributed by atoms with Gasteiger partial charge in [0, 0.05) is 13.2 Å². The second kappa shape index (κ2) is 20.1. The average molecular weight is 479 g/mol. The number of nitrogens with one attached hydrogen (secondary N) is 2. The molecule has 1 aromatic rings. The van der Waals surface area contributed by atoms with Crippen molar-refractivity contribution in [3.8, 4) is 11.5 Å². The molecule has 0 aromatic heterocycles. The SMILES string of the molecule is CCCCCCCCCCCC(CC)OCCCNC(=O)C(=O)NCCOc1ccc(O)cc1. The first-order valence-corrected chi connectivity index (χ1v) is 13.2. The summed E-state index contributed by atoms with van der Waals surface area (Å²) < 4.78 is 11.4. The lowest BCUT2D eigenvalue weighted by atomic mass is 10.0. The van der Waals surface area contributed by atoms with Crippen LogP contribution in [0, 0.1) is 0 Å². The zero-order valence-corrected chi connectivity index (χ0v) is 21.3. The minimum Gasteiger partial charge on any atom is -0.508 e. The number of carbonyl (C=O) groups excluding carboxylic acids is 2. The summed E-state index contributed by atoms with van der Waals surface area (Å²) >= 11 is 0. The number of ether oxygens (including phenoxy) is 2. The summed E-state index contributed by atoms with van der Waals surface area (Å²) in [6, 6.07) is 6.30. The van der Waals surface area contributed by atoms with Crippen LogP contribution in [0.4, 0.5) is 0 Å². The fraction of sp³-hybridized carbons (Fsp3) is 0.704. The number of aromatic hydroxyl groups is 1. The Labute approximate surface area is 206 Å². The van der Waals surface area contributed by atoms with Crippen molar-refractivity contribution in [3.05, 3.63) is 24.3 Å². The first kappa shape index (κ1) is 29.8. The number of phenols is 1. The van der Waals surface area contributed by atoms with E-state index in [4.69, 9.17) is 9.47 Å². The van der Waals surface area contributed by atoms with Gasteiger partial charge >= 0.3 is 11.8 Å². The Morgan fingerprint density at radius 2 is 1.38 bits per heavy atom. The molecule has 7 heteroatoms. The van der Waals surface area contributed by atoms with Crippen molar-refractivity contribution in [1.82, 2.24) is 10.6 Å². The number of rotatable bonds is 20. The van der Waals surface area contributed by atoms with E-state index in [2.05, 4.69) is 24.5 Å². The smallest absolute Gasteiger partial charge is 0.309 e. The van der Waals surface area contributed by atoms with Crippen LogP contribution in [0.15, 0.2) is 24.3 Å². The molecule has 0 fully saturated rings. The molecule has 0 saturated carbocycles. The molecule has 194 valence electrons. The number of hydrogen-bond acceptors (Lipinski definition) is 5. The third-order valence-corrected chi connectivity index (χ3v) is 5.74. The Morgan fingerprint density at radius 3 is 2.00 bits per heavy atom. The van der Waals surface area contributed by atoms with Crippen molar-refractivity contribution < 1.29 is 24.2 Å². The molecule has 0 bridgehead atoms. The summed E-state index contributed by atoms with van der Waals surface area (Å²) in [5.41, 5.74) is 0. The van der Waals surface area contributed by atoms with E-state index in [0.29, 0.717) is 25.3 Å². The highest BCUT2D eigenvalue weighted by Gasteiger charge is 2.12. The highest BCUT2D eigenvalue weighted by atomic mass is 16.5. The molecule has 0 saturated heterocycles. The molecule has 0 aliphatic heterocycles. The molecule has 3 N–H and O–H groups in total. The maximum atomic E-state index is 11.9. The van der Waals surface area contributed by atoms with Gasteiger partial charge in [0.2, 0.25) is 0 Å². The van der Waals surface area contributed by atoms with Crippen molar-refractivity contribution in [2.45, 2.75) is 97.0 Å². The topological polar surface area (TPSA) is 96.9 Å². The molecule has 0 spiro atoms. The van der Waals surface area contributed by atoms with Crippen molar-refractivity contribution in [1.29, 1.82) is 0 Å². The van der Waals surface area contributed by atoms with E-state index in [-0.39, 0.29) is 25.0 Å². The quantitative estimate of drug-likeness (QED) is 0.179. The predicted molar refractivity (Wildman–Crippen MR) is 136 cm³/mol. The molecule has 0 radical (unpaired) electrons. The van der Waals surface area contributed by atoms with Gasteiger partial charge in [-0.2, -0.15) is 0 Å². The fourth-order valence-electron chi connectivity index (χ4n) is 3.65. The summed E-state index contributed by atoms with van der Waals surface area (Å²) in [6.07, 6.45) is 15.0. The van der Waals surface area contributed by atoms with Crippen LogP contribution in [-0.4, -0.2) is 49.3 Å². The minimum atomic E-state index is -0.674. The van der Waals surface area contributed by atoms with Crippen LogP contribution in [0.5, 0.6) is 11.5 Å². The molecule has 0 heterocycles.